The van der Waals surface area contributed by atoms with Gasteiger partial charge in [-0.3, -0.25) is 4.79 Å². The summed E-state index contributed by atoms with van der Waals surface area (Å²) in [6, 6.07) is 0. The number of aliphatic hydroxyl groups is 1. The predicted octanol–water partition coefficient (Wildman–Crippen LogP) is 2.13. The van der Waals surface area contributed by atoms with Crippen LogP contribution in [0, 0.1) is 28.1 Å². The molecule has 0 aliphatic heterocycles. The van der Waals surface area contributed by atoms with Gasteiger partial charge in [0, 0.05) is 0 Å². The van der Waals surface area contributed by atoms with Gasteiger partial charge in [-0.05, 0) is 60.7 Å². The Morgan fingerprint density at radius 2 is 1.48 bits per heavy atom. The van der Waals surface area contributed by atoms with Crippen LogP contribution in [0.15, 0.2) is 0 Å². The zero-order valence-corrected chi connectivity index (χ0v) is 12.6. The molecule has 4 atom stereocenters. The van der Waals surface area contributed by atoms with Gasteiger partial charge in [-0.25, -0.2) is 4.79 Å². The van der Waals surface area contributed by atoms with E-state index >= 15 is 0 Å². The fourth-order valence-corrected chi connectivity index (χ4v) is 6.76. The molecule has 0 aromatic carbocycles. The highest BCUT2D eigenvalue weighted by Crippen LogP contribution is 2.71. The number of carbonyl (C=O) groups is 2. The van der Waals surface area contributed by atoms with Crippen LogP contribution in [0.3, 0.4) is 0 Å². The highest BCUT2D eigenvalue weighted by Gasteiger charge is 2.65. The molecule has 4 saturated carbocycles. The lowest BCUT2D eigenvalue weighted by molar-refractivity contribution is -0.201. The van der Waals surface area contributed by atoms with Crippen LogP contribution >= 0.6 is 0 Å². The highest BCUT2D eigenvalue weighted by molar-refractivity contribution is 5.82. The van der Waals surface area contributed by atoms with Crippen molar-refractivity contribution in [2.24, 2.45) is 28.1 Å². The molecular formula is C16H24O5. The molecule has 3 N–H and O–H groups in total. The van der Waals surface area contributed by atoms with E-state index in [4.69, 9.17) is 5.11 Å². The molecule has 4 unspecified atom stereocenters. The molecule has 0 saturated heterocycles. The van der Waals surface area contributed by atoms with Crippen LogP contribution in [-0.2, 0) is 9.59 Å². The maximum atomic E-state index is 11.7. The van der Waals surface area contributed by atoms with Gasteiger partial charge >= 0.3 is 11.9 Å². The SMILES string of the molecule is CC12CC3CC(C)(C1)CC(C(C(=O)O)C(O)C(=O)O)(C3)C2. The lowest BCUT2D eigenvalue weighted by Crippen LogP contribution is -2.61. The Hall–Kier alpha value is -1.10. The summed E-state index contributed by atoms with van der Waals surface area (Å²) in [5, 5.41) is 28.7. The minimum atomic E-state index is -1.81. The Balaban J connectivity index is 2.03. The Bertz CT molecular complexity index is 481. The van der Waals surface area contributed by atoms with Crippen molar-refractivity contribution in [3.8, 4) is 0 Å². The molecule has 0 aromatic heterocycles. The number of hydrogen-bond acceptors (Lipinski definition) is 3. The molecule has 0 radical (unpaired) electrons. The van der Waals surface area contributed by atoms with Crippen LogP contribution in [0.2, 0.25) is 0 Å². The third-order valence-electron chi connectivity index (χ3n) is 6.16. The third-order valence-corrected chi connectivity index (χ3v) is 6.16. The number of hydrogen-bond donors (Lipinski definition) is 3. The van der Waals surface area contributed by atoms with E-state index in [9.17, 15) is 19.8 Å². The first-order chi connectivity index (χ1) is 9.58. The fraction of sp³-hybridized carbons (Fsp3) is 0.875. The Morgan fingerprint density at radius 3 is 1.86 bits per heavy atom. The van der Waals surface area contributed by atoms with Crippen LogP contribution in [0.5, 0.6) is 0 Å². The second-order valence-corrected chi connectivity index (χ2v) is 8.59. The molecule has 0 aromatic rings. The van der Waals surface area contributed by atoms with E-state index < -0.39 is 29.4 Å². The van der Waals surface area contributed by atoms with Crippen molar-refractivity contribution in [3.05, 3.63) is 0 Å². The number of carboxylic acid groups (broad SMARTS) is 2. The van der Waals surface area contributed by atoms with E-state index in [1.165, 1.54) is 0 Å². The summed E-state index contributed by atoms with van der Waals surface area (Å²) in [5.74, 6) is -3.32. The van der Waals surface area contributed by atoms with Gasteiger partial charge in [0.1, 0.15) is 0 Å². The molecule has 4 aliphatic rings. The van der Waals surface area contributed by atoms with Crippen molar-refractivity contribution in [2.45, 2.75) is 58.5 Å². The molecule has 4 rings (SSSR count). The van der Waals surface area contributed by atoms with Gasteiger partial charge in [0.05, 0.1) is 5.92 Å². The first-order valence-corrected chi connectivity index (χ1v) is 7.72. The highest BCUT2D eigenvalue weighted by atomic mass is 16.4. The van der Waals surface area contributed by atoms with Crippen molar-refractivity contribution in [1.29, 1.82) is 0 Å². The number of rotatable bonds is 4. The maximum absolute atomic E-state index is 11.7. The molecule has 21 heavy (non-hydrogen) atoms. The molecule has 4 bridgehead atoms. The molecule has 5 heteroatoms. The minimum Gasteiger partial charge on any atom is -0.481 e. The first-order valence-electron chi connectivity index (χ1n) is 7.72. The number of carboxylic acids is 2. The van der Waals surface area contributed by atoms with Gasteiger partial charge in [-0.15, -0.1) is 0 Å². The van der Waals surface area contributed by atoms with Crippen LogP contribution in [0.25, 0.3) is 0 Å². The van der Waals surface area contributed by atoms with E-state index in [0.717, 1.165) is 38.5 Å². The monoisotopic (exact) mass is 296 g/mol. The van der Waals surface area contributed by atoms with Gasteiger partial charge in [0.25, 0.3) is 0 Å². The molecule has 4 aliphatic carbocycles. The Morgan fingerprint density at radius 1 is 0.952 bits per heavy atom. The van der Waals surface area contributed by atoms with Gasteiger partial charge in [0.15, 0.2) is 6.10 Å². The molecule has 0 amide bonds. The molecule has 118 valence electrons. The number of aliphatic carboxylic acids is 2. The lowest BCUT2D eigenvalue weighted by atomic mass is 9.38. The fourth-order valence-electron chi connectivity index (χ4n) is 6.76. The van der Waals surface area contributed by atoms with Gasteiger partial charge in [0.2, 0.25) is 0 Å². The second kappa shape index (κ2) is 4.22. The van der Waals surface area contributed by atoms with Crippen molar-refractivity contribution in [3.63, 3.8) is 0 Å². The molecule has 0 spiro atoms. The van der Waals surface area contributed by atoms with E-state index in [2.05, 4.69) is 13.8 Å². The quantitative estimate of drug-likeness (QED) is 0.738. The van der Waals surface area contributed by atoms with Crippen LogP contribution in [0.4, 0.5) is 0 Å². The van der Waals surface area contributed by atoms with Gasteiger partial charge in [-0.2, -0.15) is 0 Å². The van der Waals surface area contributed by atoms with Crippen molar-refractivity contribution >= 4 is 11.9 Å². The summed E-state index contributed by atoms with van der Waals surface area (Å²) in [6.45, 7) is 4.41. The second-order valence-electron chi connectivity index (χ2n) is 8.59. The van der Waals surface area contributed by atoms with Crippen molar-refractivity contribution < 1.29 is 24.9 Å². The largest absolute Gasteiger partial charge is 0.481 e. The normalized spacial score (nSPS) is 47.1. The first kappa shape index (κ1) is 14.8. The summed E-state index contributed by atoms with van der Waals surface area (Å²) in [5.41, 5.74) is -0.368. The van der Waals surface area contributed by atoms with E-state index in [0.29, 0.717) is 5.92 Å². The Labute approximate surface area is 124 Å². The van der Waals surface area contributed by atoms with Crippen molar-refractivity contribution in [1.82, 2.24) is 0 Å². The van der Waals surface area contributed by atoms with Gasteiger partial charge in [-0.1, -0.05) is 13.8 Å². The zero-order chi connectivity index (χ0) is 15.6. The van der Waals surface area contributed by atoms with Crippen LogP contribution in [0.1, 0.15) is 52.4 Å². The molecule has 0 heterocycles. The van der Waals surface area contributed by atoms with Gasteiger partial charge < -0.3 is 15.3 Å². The minimum absolute atomic E-state index is 0.0973. The third kappa shape index (κ3) is 2.17. The van der Waals surface area contributed by atoms with Crippen molar-refractivity contribution in [2.75, 3.05) is 0 Å². The summed E-state index contributed by atoms with van der Waals surface area (Å²) < 4.78 is 0. The zero-order valence-electron chi connectivity index (χ0n) is 12.6. The van der Waals surface area contributed by atoms with E-state index in [-0.39, 0.29) is 10.8 Å². The lowest BCUT2D eigenvalue weighted by Gasteiger charge is -2.66. The van der Waals surface area contributed by atoms with E-state index in [1.807, 2.05) is 0 Å². The topological polar surface area (TPSA) is 94.8 Å². The summed E-state index contributed by atoms with van der Waals surface area (Å²) in [6.07, 6.45) is 3.71. The van der Waals surface area contributed by atoms with E-state index in [1.54, 1.807) is 0 Å². The van der Waals surface area contributed by atoms with Crippen LogP contribution < -0.4 is 0 Å². The summed E-state index contributed by atoms with van der Waals surface area (Å²) in [7, 11) is 0. The molecule has 4 fully saturated rings. The summed E-state index contributed by atoms with van der Waals surface area (Å²) in [4.78, 5) is 22.9. The average Bonchev–Trinajstić information content (AvgIpc) is 2.21. The average molecular weight is 296 g/mol. The number of aliphatic hydroxyl groups excluding tert-OH is 1. The molecular weight excluding hydrogens is 272 g/mol. The smallest absolute Gasteiger partial charge is 0.333 e. The maximum Gasteiger partial charge on any atom is 0.333 e. The van der Waals surface area contributed by atoms with Crippen LogP contribution in [-0.4, -0.2) is 33.4 Å². The molecule has 5 nitrogen and oxygen atoms in total. The standard InChI is InChI=1S/C16H24O5/c1-14-3-9-4-15(2,6-14)8-16(5-9,7-14)10(12(18)19)11(17)13(20)21/h9-11,17H,3-8H2,1-2H3,(H,18,19)(H,20,21). The predicted molar refractivity (Wildman–Crippen MR) is 74.6 cm³/mol. The summed E-state index contributed by atoms with van der Waals surface area (Å²) >= 11 is 0. The Kier molecular flexibility index (Phi) is 2.98.